The number of phenolic OH excluding ortho intramolecular Hbond substituents is 1. The van der Waals surface area contributed by atoms with E-state index in [0.29, 0.717) is 6.07 Å². The van der Waals surface area contributed by atoms with Crippen LogP contribution in [0.4, 0.5) is 13.2 Å². The molecule has 0 saturated heterocycles. The van der Waals surface area contributed by atoms with Crippen LogP contribution in [0.25, 0.3) is 0 Å². The normalized spacial score (nSPS) is 10.9. The highest BCUT2D eigenvalue weighted by Gasteiger charge is 2.21. The lowest BCUT2D eigenvalue weighted by atomic mass is 10.1. The average molecular weight is 260 g/mol. The number of carbonyl (C=O) groups excluding carboxylic acids is 1. The summed E-state index contributed by atoms with van der Waals surface area (Å²) in [7, 11) is 0. The molecule has 4 N–H and O–H groups in total. The molecule has 1 rings (SSSR count). The van der Waals surface area contributed by atoms with Gasteiger partial charge in [0.15, 0.2) is 17.4 Å². The number of hydrogen-bond acceptors (Lipinski definition) is 3. The summed E-state index contributed by atoms with van der Waals surface area (Å²) < 4.78 is 39.0. The maximum absolute atomic E-state index is 13.3. The van der Waals surface area contributed by atoms with Gasteiger partial charge in [-0.1, -0.05) is 12.2 Å². The molecular weight excluding hydrogens is 249 g/mol. The Hall–Kier alpha value is -2.02. The number of phenols is 1. The molecule has 0 aromatic heterocycles. The van der Waals surface area contributed by atoms with E-state index < -0.39 is 34.7 Å². The number of amides is 1. The molecule has 0 atom stereocenters. The molecule has 0 heterocycles. The Morgan fingerprint density at radius 3 is 2.61 bits per heavy atom. The van der Waals surface area contributed by atoms with Crippen LogP contribution >= 0.6 is 0 Å². The molecule has 1 aromatic rings. The van der Waals surface area contributed by atoms with Gasteiger partial charge in [0.05, 0.1) is 5.56 Å². The predicted molar refractivity (Wildman–Crippen MR) is 58.5 cm³/mol. The number of benzene rings is 1. The van der Waals surface area contributed by atoms with Crippen LogP contribution in [0.5, 0.6) is 5.75 Å². The zero-order valence-electron chi connectivity index (χ0n) is 9.21. The van der Waals surface area contributed by atoms with Crippen molar-refractivity contribution in [2.75, 3.05) is 13.1 Å². The molecule has 1 aromatic carbocycles. The summed E-state index contributed by atoms with van der Waals surface area (Å²) in [6.45, 7) is 0.325. The van der Waals surface area contributed by atoms with E-state index in [0.717, 1.165) is 0 Å². The highest BCUT2D eigenvalue weighted by Crippen LogP contribution is 2.25. The standard InChI is InChI=1S/C11H11F3N2O2/c12-7-5-6(8(13)10(17)9(7)14)11(18)16-4-2-1-3-15/h1-2,5,17H,3-4,15H2,(H,16,18)/b2-1+. The van der Waals surface area contributed by atoms with Crippen molar-refractivity contribution < 1.29 is 23.1 Å². The lowest BCUT2D eigenvalue weighted by Gasteiger charge is -2.06. The first-order valence-electron chi connectivity index (χ1n) is 4.98. The van der Waals surface area contributed by atoms with Gasteiger partial charge in [-0.2, -0.15) is 4.39 Å². The first-order valence-corrected chi connectivity index (χ1v) is 4.98. The van der Waals surface area contributed by atoms with E-state index >= 15 is 0 Å². The Balaban J connectivity index is 2.90. The monoisotopic (exact) mass is 260 g/mol. The lowest BCUT2D eigenvalue weighted by Crippen LogP contribution is -2.25. The largest absolute Gasteiger partial charge is 0.503 e. The van der Waals surface area contributed by atoms with Crippen LogP contribution in [-0.4, -0.2) is 24.1 Å². The molecule has 0 unspecified atom stereocenters. The van der Waals surface area contributed by atoms with Crippen molar-refractivity contribution in [3.63, 3.8) is 0 Å². The van der Waals surface area contributed by atoms with Crippen molar-refractivity contribution >= 4 is 5.91 Å². The second kappa shape index (κ2) is 6.06. The summed E-state index contributed by atoms with van der Waals surface area (Å²) in [6.07, 6.45) is 3.06. The fourth-order valence-corrected chi connectivity index (χ4v) is 1.18. The molecule has 0 aliphatic heterocycles. The molecule has 0 aliphatic carbocycles. The maximum Gasteiger partial charge on any atom is 0.254 e. The van der Waals surface area contributed by atoms with Crippen LogP contribution < -0.4 is 11.1 Å². The molecule has 1 amide bonds. The van der Waals surface area contributed by atoms with Crippen molar-refractivity contribution in [3.8, 4) is 5.75 Å². The molecule has 4 nitrogen and oxygen atoms in total. The fraction of sp³-hybridized carbons (Fsp3) is 0.182. The first-order chi connectivity index (χ1) is 8.49. The van der Waals surface area contributed by atoms with Crippen LogP contribution in [-0.2, 0) is 0 Å². The zero-order valence-corrected chi connectivity index (χ0v) is 9.21. The second-order valence-corrected chi connectivity index (χ2v) is 3.30. The predicted octanol–water partition coefficient (Wildman–Crippen LogP) is 1.05. The number of hydrogen-bond donors (Lipinski definition) is 3. The molecule has 18 heavy (non-hydrogen) atoms. The van der Waals surface area contributed by atoms with E-state index in [1.54, 1.807) is 6.08 Å². The zero-order chi connectivity index (χ0) is 13.7. The van der Waals surface area contributed by atoms with Crippen LogP contribution in [0, 0.1) is 17.5 Å². The second-order valence-electron chi connectivity index (χ2n) is 3.30. The number of rotatable bonds is 4. The maximum atomic E-state index is 13.3. The minimum Gasteiger partial charge on any atom is -0.503 e. The quantitative estimate of drug-likeness (QED) is 0.559. The van der Waals surface area contributed by atoms with Crippen LogP contribution in [0.15, 0.2) is 18.2 Å². The summed E-state index contributed by atoms with van der Waals surface area (Å²) >= 11 is 0. The van der Waals surface area contributed by atoms with Gasteiger partial charge in [0, 0.05) is 13.1 Å². The third-order valence-corrected chi connectivity index (χ3v) is 2.06. The van der Waals surface area contributed by atoms with Gasteiger partial charge in [-0.05, 0) is 6.07 Å². The molecular formula is C11H11F3N2O2. The van der Waals surface area contributed by atoms with Crippen molar-refractivity contribution in [1.29, 1.82) is 0 Å². The highest BCUT2D eigenvalue weighted by atomic mass is 19.2. The molecule has 0 saturated carbocycles. The Morgan fingerprint density at radius 1 is 1.33 bits per heavy atom. The number of halogens is 3. The number of nitrogens with two attached hydrogens (primary N) is 1. The van der Waals surface area contributed by atoms with Crippen LogP contribution in [0.3, 0.4) is 0 Å². The molecule has 0 bridgehead atoms. The summed E-state index contributed by atoms with van der Waals surface area (Å²) in [5.74, 6) is -7.22. The Morgan fingerprint density at radius 2 is 2.00 bits per heavy atom. The fourth-order valence-electron chi connectivity index (χ4n) is 1.18. The SMILES string of the molecule is NC/C=C/CNC(=O)c1cc(F)c(F)c(O)c1F. The molecule has 0 fully saturated rings. The van der Waals surface area contributed by atoms with Crippen LogP contribution in [0.1, 0.15) is 10.4 Å². The van der Waals surface area contributed by atoms with Crippen molar-refractivity contribution in [2.24, 2.45) is 5.73 Å². The lowest BCUT2D eigenvalue weighted by molar-refractivity contribution is 0.0952. The van der Waals surface area contributed by atoms with Crippen molar-refractivity contribution in [3.05, 3.63) is 41.2 Å². The minimum atomic E-state index is -1.73. The average Bonchev–Trinajstić information content (AvgIpc) is 2.36. The van der Waals surface area contributed by atoms with E-state index in [1.807, 2.05) is 0 Å². The Labute approximate surface area is 101 Å². The van der Waals surface area contributed by atoms with Crippen LogP contribution in [0.2, 0.25) is 0 Å². The molecule has 0 spiro atoms. The highest BCUT2D eigenvalue weighted by molar-refractivity contribution is 5.95. The van der Waals surface area contributed by atoms with Gasteiger partial charge in [0.25, 0.3) is 5.91 Å². The minimum absolute atomic E-state index is 0.0508. The molecule has 0 radical (unpaired) electrons. The van der Waals surface area contributed by atoms with E-state index in [-0.39, 0.29) is 13.1 Å². The number of aromatic hydroxyl groups is 1. The van der Waals surface area contributed by atoms with Crippen molar-refractivity contribution in [2.45, 2.75) is 0 Å². The van der Waals surface area contributed by atoms with E-state index in [1.165, 1.54) is 6.08 Å². The van der Waals surface area contributed by atoms with E-state index in [2.05, 4.69) is 5.32 Å². The van der Waals surface area contributed by atoms with Gasteiger partial charge in [-0.3, -0.25) is 4.79 Å². The molecule has 0 aliphatic rings. The van der Waals surface area contributed by atoms with E-state index in [4.69, 9.17) is 10.8 Å². The van der Waals surface area contributed by atoms with Gasteiger partial charge in [-0.15, -0.1) is 0 Å². The summed E-state index contributed by atoms with van der Waals surface area (Å²) in [5, 5.41) is 11.2. The molecule has 7 heteroatoms. The third kappa shape index (κ3) is 3.01. The van der Waals surface area contributed by atoms with Gasteiger partial charge in [0.2, 0.25) is 5.82 Å². The summed E-state index contributed by atoms with van der Waals surface area (Å²) in [6, 6.07) is 0.381. The molecule has 98 valence electrons. The summed E-state index contributed by atoms with van der Waals surface area (Å²) in [4.78, 5) is 11.4. The summed E-state index contributed by atoms with van der Waals surface area (Å²) in [5.41, 5.74) is 4.38. The van der Waals surface area contributed by atoms with Crippen molar-refractivity contribution in [1.82, 2.24) is 5.32 Å². The Kier molecular flexibility index (Phi) is 4.73. The topological polar surface area (TPSA) is 75.3 Å². The van der Waals surface area contributed by atoms with Gasteiger partial charge < -0.3 is 16.2 Å². The van der Waals surface area contributed by atoms with E-state index in [9.17, 15) is 18.0 Å². The Bertz CT molecular complexity index is 490. The smallest absolute Gasteiger partial charge is 0.254 e. The van der Waals surface area contributed by atoms with Gasteiger partial charge >= 0.3 is 0 Å². The van der Waals surface area contributed by atoms with Gasteiger partial charge in [0.1, 0.15) is 0 Å². The number of nitrogens with one attached hydrogen (secondary N) is 1. The van der Waals surface area contributed by atoms with Gasteiger partial charge in [-0.25, -0.2) is 8.78 Å². The third-order valence-electron chi connectivity index (χ3n) is 2.06. The first kappa shape index (κ1) is 14.0. The number of carbonyl (C=O) groups is 1.